The van der Waals surface area contributed by atoms with Crippen molar-refractivity contribution in [1.82, 2.24) is 4.72 Å². The summed E-state index contributed by atoms with van der Waals surface area (Å²) in [7, 11) is -0.342. The van der Waals surface area contributed by atoms with Crippen LogP contribution < -0.4 is 4.72 Å². The second-order valence-electron chi connectivity index (χ2n) is 8.69. The molecule has 2 atom stereocenters. The van der Waals surface area contributed by atoms with Crippen molar-refractivity contribution >= 4 is 23.2 Å². The Bertz CT molecular complexity index is 1030. The number of aliphatic hydroxyl groups is 1. The standard InChI is InChI=1S/C29H40N2O3S.C3H8.C2H6.C2H2.CH4O/c1-6-9-10-14-24(4)29(31-25(5)7-2)34-23-26(8-3)15-11-12-16-27-17-13-18-28(20-19-27)35(33)30-21-22-32;1-3-2;3*1-2/h6-9,11-14,17,19-20,22,25,30H,2,10,15-16,18,21,23H2,1,3-5H3;3H2,1-2H3;1-2H3;1-2H;2H,1H3/b9-6-,12-11-,24-14-,26-8+,31-29?;;;;. The molecule has 1 aliphatic rings. The van der Waals surface area contributed by atoms with Gasteiger partial charge < -0.3 is 14.6 Å². The van der Waals surface area contributed by atoms with Gasteiger partial charge in [-0.15, -0.1) is 19.4 Å². The number of terminal acetylenes is 1. The van der Waals surface area contributed by atoms with E-state index in [1.165, 1.54) is 12.0 Å². The van der Waals surface area contributed by atoms with Crippen LogP contribution >= 0.6 is 0 Å². The van der Waals surface area contributed by atoms with Crippen molar-refractivity contribution in [3.8, 4) is 12.8 Å². The molecule has 0 bridgehead atoms. The van der Waals surface area contributed by atoms with Crippen molar-refractivity contribution in [2.45, 2.75) is 93.5 Å². The van der Waals surface area contributed by atoms with E-state index >= 15 is 0 Å². The van der Waals surface area contributed by atoms with E-state index in [1.807, 2.05) is 65.8 Å². The van der Waals surface area contributed by atoms with Crippen LogP contribution in [0.15, 0.2) is 100 Å². The van der Waals surface area contributed by atoms with E-state index in [4.69, 9.17) is 9.84 Å². The van der Waals surface area contributed by atoms with E-state index < -0.39 is 11.0 Å². The van der Waals surface area contributed by atoms with Gasteiger partial charge in [0.15, 0.2) is 0 Å². The lowest BCUT2D eigenvalue weighted by molar-refractivity contribution is -0.106. The van der Waals surface area contributed by atoms with E-state index in [9.17, 15) is 9.00 Å². The quantitative estimate of drug-likeness (QED) is 0.0624. The SMILES string of the molecule is C#C.C=CC(C)N=C(OC/C(=C/C)C/C=C\CC1=CC=C(S(=O)NCC=O)CC=C1)/C(C)=C\C/C=C\C.CC.CCC.CO. The van der Waals surface area contributed by atoms with Gasteiger partial charge in [0.2, 0.25) is 5.90 Å². The first-order valence-electron chi connectivity index (χ1n) is 15.2. The number of ether oxygens (including phenoxy) is 1. The van der Waals surface area contributed by atoms with Gasteiger partial charge >= 0.3 is 0 Å². The normalized spacial score (nSPS) is 14.4. The van der Waals surface area contributed by atoms with Gasteiger partial charge in [-0.1, -0.05) is 94.9 Å². The lowest BCUT2D eigenvalue weighted by Gasteiger charge is -2.13. The molecule has 6 nitrogen and oxygen atoms in total. The molecule has 248 valence electrons. The first-order valence-corrected chi connectivity index (χ1v) is 16.3. The van der Waals surface area contributed by atoms with Crippen LogP contribution in [0.1, 0.15) is 87.5 Å². The van der Waals surface area contributed by atoms with Gasteiger partial charge in [-0.3, -0.25) is 0 Å². The highest BCUT2D eigenvalue weighted by Crippen LogP contribution is 2.17. The Kier molecular flexibility index (Phi) is 40.8. The maximum Gasteiger partial charge on any atom is 0.212 e. The maximum atomic E-state index is 12.1. The van der Waals surface area contributed by atoms with Crippen LogP contribution in [0.25, 0.3) is 0 Å². The Hall–Kier alpha value is -3.31. The van der Waals surface area contributed by atoms with Crippen molar-refractivity contribution in [3.05, 3.63) is 95.0 Å². The van der Waals surface area contributed by atoms with Gasteiger partial charge in [-0.25, -0.2) is 13.9 Å². The fraction of sp³-hybridized carbons (Fsp3) is 0.459. The Morgan fingerprint density at radius 2 is 1.82 bits per heavy atom. The summed E-state index contributed by atoms with van der Waals surface area (Å²) in [5.41, 5.74) is 3.33. The van der Waals surface area contributed by atoms with E-state index in [0.717, 1.165) is 42.4 Å². The zero-order valence-electron chi connectivity index (χ0n) is 28.8. The first-order chi connectivity index (χ1) is 21.4. The molecule has 0 radical (unpaired) electrons. The largest absolute Gasteiger partial charge is 0.473 e. The van der Waals surface area contributed by atoms with Crippen LogP contribution in [0, 0.1) is 12.8 Å². The highest BCUT2D eigenvalue weighted by Gasteiger charge is 2.08. The molecular formula is C37H60N2O4S. The summed E-state index contributed by atoms with van der Waals surface area (Å²) in [6.45, 7) is 20.7. The molecule has 0 spiro atoms. The number of aldehydes is 1. The first kappa shape index (κ1) is 47.6. The van der Waals surface area contributed by atoms with E-state index in [1.54, 1.807) is 6.08 Å². The fourth-order valence-corrected chi connectivity index (χ4v) is 3.80. The lowest BCUT2D eigenvalue weighted by Crippen LogP contribution is -2.20. The highest BCUT2D eigenvalue weighted by atomic mass is 32.2. The van der Waals surface area contributed by atoms with Crippen molar-refractivity contribution in [2.75, 3.05) is 20.3 Å². The van der Waals surface area contributed by atoms with Gasteiger partial charge in [0.1, 0.15) is 23.9 Å². The van der Waals surface area contributed by atoms with Crippen LogP contribution in [0.4, 0.5) is 0 Å². The second-order valence-corrected chi connectivity index (χ2v) is 10.0. The van der Waals surface area contributed by atoms with Crippen LogP contribution in [0.3, 0.4) is 0 Å². The third-order valence-corrected chi connectivity index (χ3v) is 6.38. The van der Waals surface area contributed by atoms with E-state index in [2.05, 4.69) is 79.4 Å². The number of hydrogen-bond acceptors (Lipinski definition) is 5. The second kappa shape index (κ2) is 37.7. The number of hydrogen-bond donors (Lipinski definition) is 2. The molecule has 0 heterocycles. The summed E-state index contributed by atoms with van der Waals surface area (Å²) in [5.74, 6) is 0.654. The van der Waals surface area contributed by atoms with Gasteiger partial charge in [0, 0.05) is 24.0 Å². The average Bonchev–Trinajstić information content (AvgIpc) is 3.31. The summed E-state index contributed by atoms with van der Waals surface area (Å²) in [6, 6.07) is -0.0160. The molecule has 0 aromatic carbocycles. The van der Waals surface area contributed by atoms with Crippen molar-refractivity contribution < 1.29 is 18.8 Å². The van der Waals surface area contributed by atoms with Crippen molar-refractivity contribution in [1.29, 1.82) is 0 Å². The number of rotatable bonds is 15. The van der Waals surface area contributed by atoms with Crippen molar-refractivity contribution in [3.63, 3.8) is 0 Å². The molecule has 0 aromatic heterocycles. The Morgan fingerprint density at radius 3 is 2.36 bits per heavy atom. The smallest absolute Gasteiger partial charge is 0.212 e. The van der Waals surface area contributed by atoms with E-state index in [-0.39, 0.29) is 12.6 Å². The number of carbonyl (C=O) groups is 1. The molecule has 1 aliphatic carbocycles. The van der Waals surface area contributed by atoms with Gasteiger partial charge in [-0.2, -0.15) is 0 Å². The molecular weight excluding hydrogens is 568 g/mol. The summed E-state index contributed by atoms with van der Waals surface area (Å²) >= 11 is 0. The number of carbonyl (C=O) groups excluding carboxylic acids is 1. The predicted octanol–water partition coefficient (Wildman–Crippen LogP) is 8.69. The molecule has 0 saturated carbocycles. The summed E-state index contributed by atoms with van der Waals surface area (Å²) < 4.78 is 20.9. The number of nitrogens with zero attached hydrogens (tertiary/aromatic N) is 1. The number of aliphatic imine (C=N–C) groups is 1. The molecule has 0 aliphatic heterocycles. The Balaban J connectivity index is -0.000000802. The van der Waals surface area contributed by atoms with Crippen LogP contribution in [0.2, 0.25) is 0 Å². The number of allylic oxidation sites excluding steroid dienone is 12. The average molecular weight is 629 g/mol. The minimum Gasteiger partial charge on any atom is -0.473 e. The van der Waals surface area contributed by atoms with Gasteiger partial charge in [-0.05, 0) is 64.2 Å². The molecule has 7 heteroatoms. The molecule has 1 rings (SSSR count). The van der Waals surface area contributed by atoms with Crippen LogP contribution in [-0.2, 0) is 20.5 Å². The number of aliphatic hydroxyl groups excluding tert-OH is 1. The zero-order chi connectivity index (χ0) is 34.6. The Labute approximate surface area is 272 Å². The van der Waals surface area contributed by atoms with E-state index in [0.29, 0.717) is 25.2 Å². The molecule has 0 fully saturated rings. The summed E-state index contributed by atoms with van der Waals surface area (Å²) in [4.78, 5) is 15.9. The minimum absolute atomic E-state index is 0.0160. The zero-order valence-corrected chi connectivity index (χ0v) is 29.7. The lowest BCUT2D eigenvalue weighted by atomic mass is 10.1. The predicted molar refractivity (Wildman–Crippen MR) is 196 cm³/mol. The van der Waals surface area contributed by atoms with Crippen LogP contribution in [-0.4, -0.2) is 47.8 Å². The topological polar surface area (TPSA) is 88.0 Å². The Morgan fingerprint density at radius 1 is 1.18 bits per heavy atom. The highest BCUT2D eigenvalue weighted by molar-refractivity contribution is 7.87. The molecule has 0 amide bonds. The monoisotopic (exact) mass is 628 g/mol. The summed E-state index contributed by atoms with van der Waals surface area (Å²) in [5, 5.41) is 7.00. The molecule has 2 N–H and O–H groups in total. The third-order valence-electron chi connectivity index (χ3n) is 5.17. The molecule has 0 aromatic rings. The molecule has 44 heavy (non-hydrogen) atoms. The fourth-order valence-electron chi connectivity index (χ4n) is 2.96. The maximum absolute atomic E-state index is 12.1. The third kappa shape index (κ3) is 27.5. The van der Waals surface area contributed by atoms with Gasteiger partial charge in [0.05, 0.1) is 12.6 Å². The molecule has 2 unspecified atom stereocenters. The van der Waals surface area contributed by atoms with Gasteiger partial charge in [0.25, 0.3) is 0 Å². The van der Waals surface area contributed by atoms with Crippen LogP contribution in [0.5, 0.6) is 0 Å². The summed E-state index contributed by atoms with van der Waals surface area (Å²) in [6.07, 6.45) is 35.3. The van der Waals surface area contributed by atoms with Crippen molar-refractivity contribution in [2.24, 2.45) is 4.99 Å². The number of nitrogens with one attached hydrogen (secondary N) is 1. The minimum atomic E-state index is -1.34. The molecule has 0 saturated heterocycles.